The summed E-state index contributed by atoms with van der Waals surface area (Å²) in [7, 11) is 1.81. The van der Waals surface area contributed by atoms with Gasteiger partial charge in [0, 0.05) is 43.8 Å². The van der Waals surface area contributed by atoms with Crippen LogP contribution in [0.25, 0.3) is 0 Å². The molecule has 27 heavy (non-hydrogen) atoms. The normalized spacial score (nSPS) is 20.8. The van der Waals surface area contributed by atoms with E-state index in [1.165, 1.54) is 18.4 Å². The van der Waals surface area contributed by atoms with E-state index in [0.29, 0.717) is 6.10 Å². The number of ether oxygens (including phenoxy) is 2. The second kappa shape index (κ2) is 11.4. The minimum Gasteiger partial charge on any atom is -0.379 e. The van der Waals surface area contributed by atoms with Crippen molar-refractivity contribution in [1.82, 2.24) is 10.6 Å². The largest absolute Gasteiger partial charge is 0.379 e. The number of nitrogens with zero attached hydrogens (tertiary/aromatic N) is 1. The van der Waals surface area contributed by atoms with Crippen molar-refractivity contribution in [2.45, 2.75) is 43.6 Å². The van der Waals surface area contributed by atoms with Crippen molar-refractivity contribution in [1.29, 1.82) is 0 Å². The summed E-state index contributed by atoms with van der Waals surface area (Å²) < 4.78 is 11.2. The topological polar surface area (TPSA) is 54.9 Å². The molecular formula is C20H31ClIN3O2. The van der Waals surface area contributed by atoms with E-state index in [9.17, 15) is 0 Å². The zero-order valence-electron chi connectivity index (χ0n) is 16.0. The Morgan fingerprint density at radius 1 is 1.37 bits per heavy atom. The summed E-state index contributed by atoms with van der Waals surface area (Å²) in [5.41, 5.74) is 1.52. The number of rotatable bonds is 9. The summed E-state index contributed by atoms with van der Waals surface area (Å²) in [5.74, 6) is 0.845. The van der Waals surface area contributed by atoms with Gasteiger partial charge in [-0.1, -0.05) is 23.7 Å². The minimum atomic E-state index is 0. The van der Waals surface area contributed by atoms with Gasteiger partial charge in [-0.3, -0.25) is 4.99 Å². The van der Waals surface area contributed by atoms with Crippen molar-refractivity contribution < 1.29 is 9.47 Å². The maximum Gasteiger partial charge on any atom is 0.191 e. The van der Waals surface area contributed by atoms with Crippen LogP contribution in [0.5, 0.6) is 0 Å². The van der Waals surface area contributed by atoms with Gasteiger partial charge in [0.05, 0.1) is 12.7 Å². The van der Waals surface area contributed by atoms with E-state index >= 15 is 0 Å². The zero-order chi connectivity index (χ0) is 18.2. The molecule has 152 valence electrons. The molecule has 1 atom stereocenters. The lowest BCUT2D eigenvalue weighted by atomic mass is 9.96. The predicted octanol–water partition coefficient (Wildman–Crippen LogP) is 3.74. The molecule has 2 fully saturated rings. The van der Waals surface area contributed by atoms with Gasteiger partial charge in [0.25, 0.3) is 0 Å². The van der Waals surface area contributed by atoms with Crippen LogP contribution in [0.3, 0.4) is 0 Å². The molecule has 1 unspecified atom stereocenters. The number of hydrogen-bond donors (Lipinski definition) is 2. The van der Waals surface area contributed by atoms with Crippen molar-refractivity contribution in [3.8, 4) is 0 Å². The highest BCUT2D eigenvalue weighted by molar-refractivity contribution is 14.0. The number of guanidine groups is 1. The molecule has 0 amide bonds. The van der Waals surface area contributed by atoms with E-state index in [-0.39, 0.29) is 29.4 Å². The molecule has 1 aromatic rings. The van der Waals surface area contributed by atoms with Gasteiger partial charge in [-0.2, -0.15) is 0 Å². The van der Waals surface area contributed by atoms with Crippen LogP contribution in [0.2, 0.25) is 5.02 Å². The monoisotopic (exact) mass is 507 g/mol. The first kappa shape index (κ1) is 22.7. The summed E-state index contributed by atoms with van der Waals surface area (Å²) in [6.07, 6.45) is 5.92. The van der Waals surface area contributed by atoms with E-state index in [2.05, 4.69) is 27.8 Å². The predicted molar refractivity (Wildman–Crippen MR) is 122 cm³/mol. The molecule has 3 rings (SSSR count). The smallest absolute Gasteiger partial charge is 0.191 e. The third kappa shape index (κ3) is 7.07. The third-order valence-corrected chi connectivity index (χ3v) is 5.43. The van der Waals surface area contributed by atoms with Crippen LogP contribution in [0.4, 0.5) is 0 Å². The maximum absolute atomic E-state index is 6.14. The molecule has 1 aliphatic heterocycles. The lowest BCUT2D eigenvalue weighted by Crippen LogP contribution is -2.41. The van der Waals surface area contributed by atoms with Crippen molar-refractivity contribution in [2.24, 2.45) is 4.99 Å². The maximum atomic E-state index is 6.14. The second-order valence-corrected chi connectivity index (χ2v) is 7.64. The van der Waals surface area contributed by atoms with E-state index in [1.807, 2.05) is 19.2 Å². The highest BCUT2D eigenvalue weighted by Gasteiger charge is 2.44. The van der Waals surface area contributed by atoms with Gasteiger partial charge in [0.15, 0.2) is 5.96 Å². The fourth-order valence-corrected chi connectivity index (χ4v) is 3.57. The summed E-state index contributed by atoms with van der Waals surface area (Å²) in [6, 6.07) is 8.21. The van der Waals surface area contributed by atoms with Crippen LogP contribution in [0.1, 0.15) is 37.7 Å². The van der Waals surface area contributed by atoms with E-state index in [0.717, 1.165) is 63.2 Å². The van der Waals surface area contributed by atoms with Gasteiger partial charge in [-0.15, -0.1) is 24.0 Å². The van der Waals surface area contributed by atoms with E-state index in [4.69, 9.17) is 21.1 Å². The Morgan fingerprint density at radius 3 is 2.89 bits per heavy atom. The van der Waals surface area contributed by atoms with E-state index in [1.54, 1.807) is 0 Å². The number of benzene rings is 1. The molecule has 5 nitrogen and oxygen atoms in total. The Balaban J connectivity index is 0.00000261. The van der Waals surface area contributed by atoms with E-state index < -0.39 is 0 Å². The first-order valence-electron chi connectivity index (χ1n) is 9.62. The molecule has 0 spiro atoms. The molecule has 1 saturated carbocycles. The molecule has 1 aliphatic carbocycles. The van der Waals surface area contributed by atoms with Crippen molar-refractivity contribution in [2.75, 3.05) is 40.0 Å². The zero-order valence-corrected chi connectivity index (χ0v) is 19.1. The Morgan fingerprint density at radius 2 is 2.22 bits per heavy atom. The fraction of sp³-hybridized carbons (Fsp3) is 0.650. The van der Waals surface area contributed by atoms with Crippen LogP contribution in [0.15, 0.2) is 29.3 Å². The van der Waals surface area contributed by atoms with Gasteiger partial charge >= 0.3 is 0 Å². The molecule has 1 aromatic carbocycles. The Kier molecular flexibility index (Phi) is 9.62. The molecule has 7 heteroatoms. The van der Waals surface area contributed by atoms with Gasteiger partial charge in [-0.05, 0) is 49.8 Å². The number of hydrogen-bond acceptors (Lipinski definition) is 3. The molecule has 1 saturated heterocycles. The standard InChI is InChI=1S/C20H30ClN3O2.HI/c1-22-19(23-10-4-11-25-14-18-7-3-12-26-18)24-15-20(8-9-20)16-5-2-6-17(21)13-16;/h2,5-6,13,18H,3-4,7-12,14-15H2,1H3,(H2,22,23,24);1H. The molecule has 1 heterocycles. The molecule has 2 N–H and O–H groups in total. The van der Waals surface area contributed by atoms with Crippen LogP contribution in [-0.2, 0) is 14.9 Å². The molecule has 0 radical (unpaired) electrons. The number of nitrogens with one attached hydrogen (secondary N) is 2. The van der Waals surface area contributed by atoms with Crippen LogP contribution >= 0.6 is 35.6 Å². The quantitative estimate of drug-likeness (QED) is 0.231. The van der Waals surface area contributed by atoms with Crippen LogP contribution in [-0.4, -0.2) is 52.0 Å². The first-order valence-corrected chi connectivity index (χ1v) is 10.00. The average Bonchev–Trinajstić information content (AvgIpc) is 3.27. The molecule has 2 aliphatic rings. The van der Waals surface area contributed by atoms with Gasteiger partial charge < -0.3 is 20.1 Å². The first-order chi connectivity index (χ1) is 12.7. The highest BCUT2D eigenvalue weighted by atomic mass is 127. The van der Waals surface area contributed by atoms with Crippen LogP contribution < -0.4 is 10.6 Å². The Hall–Kier alpha value is -0.570. The fourth-order valence-electron chi connectivity index (χ4n) is 3.38. The van der Waals surface area contributed by atoms with Crippen molar-refractivity contribution in [3.05, 3.63) is 34.9 Å². The summed E-state index contributed by atoms with van der Waals surface area (Å²) in [5, 5.41) is 7.63. The average molecular weight is 508 g/mol. The van der Waals surface area contributed by atoms with Gasteiger partial charge in [-0.25, -0.2) is 0 Å². The van der Waals surface area contributed by atoms with Gasteiger partial charge in [0.1, 0.15) is 0 Å². The second-order valence-electron chi connectivity index (χ2n) is 7.21. The lowest BCUT2D eigenvalue weighted by Gasteiger charge is -2.19. The summed E-state index contributed by atoms with van der Waals surface area (Å²) >= 11 is 6.14. The van der Waals surface area contributed by atoms with Crippen molar-refractivity contribution in [3.63, 3.8) is 0 Å². The minimum absolute atomic E-state index is 0. The number of aliphatic imine (C=N–C) groups is 1. The molecule has 0 bridgehead atoms. The molecular weight excluding hydrogens is 477 g/mol. The highest BCUT2D eigenvalue weighted by Crippen LogP contribution is 2.48. The Bertz CT molecular complexity index is 605. The van der Waals surface area contributed by atoms with Crippen molar-refractivity contribution >= 4 is 41.5 Å². The molecule has 0 aromatic heterocycles. The van der Waals surface area contributed by atoms with Gasteiger partial charge in [0.2, 0.25) is 0 Å². The summed E-state index contributed by atoms with van der Waals surface area (Å²) in [4.78, 5) is 4.32. The third-order valence-electron chi connectivity index (χ3n) is 5.19. The Labute approximate surface area is 184 Å². The summed E-state index contributed by atoms with van der Waals surface area (Å²) in [6.45, 7) is 4.07. The SMILES string of the molecule is CN=C(NCCCOCC1CCCO1)NCC1(c2cccc(Cl)c2)CC1.I. The number of halogens is 2. The van der Waals surface area contributed by atoms with Crippen LogP contribution in [0, 0.1) is 0 Å². The lowest BCUT2D eigenvalue weighted by molar-refractivity contribution is 0.0168.